The Morgan fingerprint density at radius 3 is 2.40 bits per heavy atom. The zero-order chi connectivity index (χ0) is 18.1. The second-order valence-electron chi connectivity index (χ2n) is 5.36. The van der Waals surface area contributed by atoms with Gasteiger partial charge in [0.2, 0.25) is 0 Å². The molecular weight excluding hydrogens is 322 g/mol. The van der Waals surface area contributed by atoms with E-state index in [-0.39, 0.29) is 13.2 Å². The molecule has 0 amide bonds. The van der Waals surface area contributed by atoms with Crippen molar-refractivity contribution in [1.82, 2.24) is 0 Å². The van der Waals surface area contributed by atoms with E-state index in [0.717, 1.165) is 10.3 Å². The lowest BCUT2D eigenvalue weighted by molar-refractivity contribution is -0.464. The molecule has 2 rings (SSSR count). The minimum Gasteiger partial charge on any atom is -0.624 e. The van der Waals surface area contributed by atoms with Gasteiger partial charge in [-0.3, -0.25) is 4.79 Å². The van der Waals surface area contributed by atoms with Crippen molar-refractivity contribution >= 4 is 12.2 Å². The van der Waals surface area contributed by atoms with Gasteiger partial charge in [0.1, 0.15) is 18.1 Å². The summed E-state index contributed by atoms with van der Waals surface area (Å²) >= 11 is 0. The molecule has 0 fully saturated rings. The average molecular weight is 343 g/mol. The van der Waals surface area contributed by atoms with Crippen LogP contribution in [0.5, 0.6) is 11.5 Å². The third kappa shape index (κ3) is 6.55. The zero-order valence-electron chi connectivity index (χ0n) is 14.3. The second-order valence-corrected chi connectivity index (χ2v) is 5.36. The van der Waals surface area contributed by atoms with Gasteiger partial charge >= 0.3 is 5.97 Å². The van der Waals surface area contributed by atoms with Gasteiger partial charge in [-0.15, -0.1) is 0 Å². The Bertz CT molecular complexity index is 698. The van der Waals surface area contributed by atoms with Crippen LogP contribution in [0.2, 0.25) is 0 Å². The Hall–Kier alpha value is -3.02. The third-order valence-corrected chi connectivity index (χ3v) is 3.30. The number of hydrogen-bond donors (Lipinski definition) is 0. The lowest BCUT2D eigenvalue weighted by Crippen LogP contribution is -2.32. The molecule has 0 aliphatic carbocycles. The van der Waals surface area contributed by atoms with E-state index in [0.29, 0.717) is 11.5 Å². The molecule has 0 saturated heterocycles. The lowest BCUT2D eigenvalue weighted by Gasteiger charge is -2.17. The molecule has 2 aromatic rings. The van der Waals surface area contributed by atoms with Gasteiger partial charge in [0.25, 0.3) is 0 Å². The van der Waals surface area contributed by atoms with Gasteiger partial charge in [0, 0.05) is 12.5 Å². The highest BCUT2D eigenvalue weighted by atomic mass is 16.6. The van der Waals surface area contributed by atoms with Gasteiger partial charge in [0.15, 0.2) is 18.9 Å². The molecule has 0 aliphatic rings. The van der Waals surface area contributed by atoms with Gasteiger partial charge in [-0.25, -0.2) is 4.74 Å². The molecule has 25 heavy (non-hydrogen) atoms. The van der Waals surface area contributed by atoms with E-state index in [9.17, 15) is 10.0 Å². The molecule has 132 valence electrons. The third-order valence-electron chi connectivity index (χ3n) is 3.30. The molecule has 0 radical (unpaired) electrons. The van der Waals surface area contributed by atoms with Crippen LogP contribution in [0.3, 0.4) is 0 Å². The van der Waals surface area contributed by atoms with Crippen LogP contribution in [-0.2, 0) is 9.53 Å². The number of carbonyl (C=O) groups excluding carboxylic acids is 1. The molecule has 0 heterocycles. The van der Waals surface area contributed by atoms with Crippen LogP contribution in [0.4, 0.5) is 0 Å². The second kappa shape index (κ2) is 9.32. The number of hydroxylamine groups is 1. The Morgan fingerprint density at radius 2 is 1.80 bits per heavy atom. The fourth-order valence-corrected chi connectivity index (χ4v) is 2.17. The van der Waals surface area contributed by atoms with Crippen LogP contribution in [0.1, 0.15) is 12.5 Å². The average Bonchev–Trinajstić information content (AvgIpc) is 2.60. The van der Waals surface area contributed by atoms with Crippen molar-refractivity contribution in [2.75, 3.05) is 20.3 Å². The van der Waals surface area contributed by atoms with Crippen LogP contribution >= 0.6 is 0 Å². The largest absolute Gasteiger partial charge is 0.624 e. The minimum atomic E-state index is -0.676. The first-order chi connectivity index (χ1) is 12.1. The molecule has 6 heteroatoms. The first-order valence-corrected chi connectivity index (χ1v) is 7.84. The van der Waals surface area contributed by atoms with Gasteiger partial charge in [-0.05, 0) is 36.4 Å². The van der Waals surface area contributed by atoms with Crippen LogP contribution < -0.4 is 9.47 Å². The van der Waals surface area contributed by atoms with Crippen LogP contribution in [0.25, 0.3) is 0 Å². The molecule has 1 atom stereocenters. The van der Waals surface area contributed by atoms with Crippen molar-refractivity contribution in [3.05, 3.63) is 65.4 Å². The van der Waals surface area contributed by atoms with Crippen molar-refractivity contribution in [1.29, 1.82) is 0 Å². The molecule has 0 saturated carbocycles. The number of rotatable bonds is 8. The molecule has 2 aromatic carbocycles. The lowest BCUT2D eigenvalue weighted by atomic mass is 10.2. The van der Waals surface area contributed by atoms with E-state index >= 15 is 0 Å². The van der Waals surface area contributed by atoms with Crippen LogP contribution in [-0.4, -0.2) is 43.3 Å². The van der Waals surface area contributed by atoms with Crippen LogP contribution in [0, 0.1) is 5.21 Å². The highest BCUT2D eigenvalue weighted by Gasteiger charge is 2.17. The quantitative estimate of drug-likeness (QED) is 0.242. The number of ether oxygens (including phenoxy) is 3. The van der Waals surface area contributed by atoms with E-state index in [2.05, 4.69) is 0 Å². The molecule has 0 N–H and O–H groups in total. The Labute approximate surface area is 146 Å². The summed E-state index contributed by atoms with van der Waals surface area (Å²) in [6, 6.07) is 16.2. The maximum atomic E-state index is 12.2. The predicted molar refractivity (Wildman–Crippen MR) is 94.1 cm³/mol. The first kappa shape index (κ1) is 18.3. The summed E-state index contributed by atoms with van der Waals surface area (Å²) in [6.45, 7) is 1.37. The summed E-state index contributed by atoms with van der Waals surface area (Å²) in [7, 11) is 1.58. The van der Waals surface area contributed by atoms with E-state index in [4.69, 9.17) is 14.2 Å². The van der Waals surface area contributed by atoms with Gasteiger partial charge in [-0.1, -0.05) is 18.2 Å². The monoisotopic (exact) mass is 343 g/mol. The van der Waals surface area contributed by atoms with Gasteiger partial charge in [0.05, 0.1) is 7.11 Å². The van der Waals surface area contributed by atoms with Gasteiger partial charge < -0.3 is 19.4 Å². The summed E-state index contributed by atoms with van der Waals surface area (Å²) in [6.07, 6.45) is 0.753. The molecular formula is C19H21NO5. The Balaban J connectivity index is 1.98. The minimum absolute atomic E-state index is 0.0293. The van der Waals surface area contributed by atoms with Crippen molar-refractivity contribution in [2.24, 2.45) is 0 Å². The zero-order valence-corrected chi connectivity index (χ0v) is 14.3. The van der Waals surface area contributed by atoms with Crippen molar-refractivity contribution in [3.63, 3.8) is 0 Å². The topological polar surface area (TPSA) is 70.8 Å². The number of esters is 1. The van der Waals surface area contributed by atoms with Crippen molar-refractivity contribution in [3.8, 4) is 11.5 Å². The van der Waals surface area contributed by atoms with E-state index in [1.54, 1.807) is 43.5 Å². The highest BCUT2D eigenvalue weighted by molar-refractivity contribution is 5.75. The normalized spacial score (nSPS) is 12.3. The van der Waals surface area contributed by atoms with E-state index < -0.39 is 12.1 Å². The highest BCUT2D eigenvalue weighted by Crippen LogP contribution is 2.11. The Kier molecular flexibility index (Phi) is 6.83. The predicted octanol–water partition coefficient (Wildman–Crippen LogP) is 2.64. The molecule has 0 spiro atoms. The molecule has 6 nitrogen and oxygen atoms in total. The van der Waals surface area contributed by atoms with E-state index in [1.165, 1.54) is 13.1 Å². The maximum Gasteiger partial charge on any atom is 0.303 e. The molecule has 0 aromatic heterocycles. The smallest absolute Gasteiger partial charge is 0.303 e. The first-order valence-electron chi connectivity index (χ1n) is 7.84. The van der Waals surface area contributed by atoms with E-state index in [1.807, 2.05) is 18.2 Å². The summed E-state index contributed by atoms with van der Waals surface area (Å²) in [4.78, 5) is 11.3. The number of hydrogen-bond acceptors (Lipinski definition) is 5. The fourth-order valence-electron chi connectivity index (χ4n) is 2.17. The number of methoxy groups -OCH3 is 1. The SMILES string of the molecule is COc1ccc(/C=[N+](\[O-])C[C@H](COc2ccccc2)OC(C)=O)cc1. The van der Waals surface area contributed by atoms with Crippen molar-refractivity contribution < 1.29 is 23.7 Å². The summed E-state index contributed by atoms with van der Waals surface area (Å²) < 4.78 is 16.6. The summed E-state index contributed by atoms with van der Waals surface area (Å²) in [5.41, 5.74) is 0.723. The molecule has 0 bridgehead atoms. The number of nitrogens with zero attached hydrogens (tertiary/aromatic N) is 1. The van der Waals surface area contributed by atoms with Gasteiger partial charge in [-0.2, -0.15) is 0 Å². The Morgan fingerprint density at radius 1 is 1.12 bits per heavy atom. The molecule has 0 unspecified atom stereocenters. The van der Waals surface area contributed by atoms with Crippen LogP contribution in [0.15, 0.2) is 54.6 Å². The van der Waals surface area contributed by atoms with Crippen molar-refractivity contribution in [2.45, 2.75) is 13.0 Å². The summed E-state index contributed by atoms with van der Waals surface area (Å²) in [5, 5.41) is 12.2. The standard InChI is InChI=1S/C19H21NO5/c1-15(21)25-19(14-24-18-6-4-3-5-7-18)13-20(22)12-16-8-10-17(23-2)11-9-16/h3-12,19H,13-14H2,1-2H3/b20-12-/t19-/m1/s1. The number of carbonyl (C=O) groups is 1. The maximum absolute atomic E-state index is 12.2. The molecule has 0 aliphatic heterocycles. The summed E-state index contributed by atoms with van der Waals surface area (Å²) in [5.74, 6) is 0.902. The fraction of sp³-hybridized carbons (Fsp3) is 0.263. The number of benzene rings is 2. The number of para-hydroxylation sites is 1.